The van der Waals surface area contributed by atoms with Crippen molar-refractivity contribution in [3.8, 4) is 0 Å². The largest absolute Gasteiger partial charge is 0.325 e. The summed E-state index contributed by atoms with van der Waals surface area (Å²) in [5.41, 5.74) is 6.05. The van der Waals surface area contributed by atoms with Crippen LogP contribution in [0.4, 0.5) is 0 Å². The van der Waals surface area contributed by atoms with Crippen LogP contribution in [0.25, 0.3) is 0 Å². The zero-order valence-corrected chi connectivity index (χ0v) is 11.4. The third-order valence-corrected chi connectivity index (χ3v) is 4.71. The third-order valence-electron chi connectivity index (χ3n) is 3.77. The summed E-state index contributed by atoms with van der Waals surface area (Å²) in [6.45, 7) is 2.22. The van der Waals surface area contributed by atoms with Gasteiger partial charge in [0.2, 0.25) is 0 Å². The molecule has 0 radical (unpaired) electrons. The molecule has 1 rings (SSSR count). The Kier molecular flexibility index (Phi) is 4.80. The maximum atomic E-state index is 11.1. The molecule has 16 heavy (non-hydrogen) atoms. The van der Waals surface area contributed by atoms with E-state index in [2.05, 4.69) is 6.92 Å². The van der Waals surface area contributed by atoms with Crippen molar-refractivity contribution in [1.29, 1.82) is 0 Å². The normalized spacial score (nSPS) is 31.6. The Bertz CT molecular complexity index is 303. The summed E-state index contributed by atoms with van der Waals surface area (Å²) >= 11 is 0. The fraction of sp³-hybridized carbons (Fsp3) is 1.00. The number of hydrogen-bond donors (Lipinski definition) is 1. The monoisotopic (exact) mass is 247 g/mol. The van der Waals surface area contributed by atoms with E-state index in [1.165, 1.54) is 31.9 Å². The lowest BCUT2D eigenvalue weighted by Crippen LogP contribution is -2.44. The number of rotatable bonds is 5. The summed E-state index contributed by atoms with van der Waals surface area (Å²) in [6.07, 6.45) is 8.79. The van der Waals surface area contributed by atoms with Gasteiger partial charge >= 0.3 is 0 Å². The maximum absolute atomic E-state index is 11.1. The Morgan fingerprint density at radius 3 is 2.31 bits per heavy atom. The van der Waals surface area contributed by atoms with Crippen LogP contribution in [0.1, 0.15) is 51.9 Å². The molecule has 1 saturated carbocycles. The van der Waals surface area contributed by atoms with Gasteiger partial charge in [0.15, 0.2) is 0 Å². The Hall–Kier alpha value is -0.0900. The highest BCUT2D eigenvalue weighted by molar-refractivity contribution is 7.90. The third kappa shape index (κ3) is 4.83. The quantitative estimate of drug-likeness (QED) is 0.809. The van der Waals surface area contributed by atoms with E-state index < -0.39 is 9.84 Å². The minimum atomic E-state index is -2.87. The molecule has 0 aromatic rings. The molecule has 1 aliphatic carbocycles. The fourth-order valence-corrected chi connectivity index (χ4v) is 3.37. The van der Waals surface area contributed by atoms with Gasteiger partial charge in [-0.3, -0.25) is 0 Å². The Morgan fingerprint density at radius 2 is 1.88 bits per heavy atom. The smallest absolute Gasteiger partial charge is 0.147 e. The highest BCUT2D eigenvalue weighted by Crippen LogP contribution is 2.34. The lowest BCUT2D eigenvalue weighted by atomic mass is 9.74. The van der Waals surface area contributed by atoms with Crippen LogP contribution < -0.4 is 5.73 Å². The first-order valence-corrected chi connectivity index (χ1v) is 8.37. The molecular weight excluding hydrogens is 222 g/mol. The van der Waals surface area contributed by atoms with E-state index in [0.29, 0.717) is 6.42 Å². The molecule has 0 saturated heterocycles. The van der Waals surface area contributed by atoms with Gasteiger partial charge in [-0.1, -0.05) is 19.8 Å². The molecule has 0 unspecified atom stereocenters. The van der Waals surface area contributed by atoms with Crippen molar-refractivity contribution in [3.05, 3.63) is 0 Å². The molecule has 0 aliphatic heterocycles. The van der Waals surface area contributed by atoms with Gasteiger partial charge in [0.25, 0.3) is 0 Å². The summed E-state index contributed by atoms with van der Waals surface area (Å²) in [5, 5.41) is 0. The average molecular weight is 247 g/mol. The SMILES string of the molecule is CCCC1CCC(N)(CCS(C)(=O)=O)CC1. The molecule has 0 aromatic carbocycles. The van der Waals surface area contributed by atoms with E-state index >= 15 is 0 Å². The molecule has 0 amide bonds. The lowest BCUT2D eigenvalue weighted by molar-refractivity contribution is 0.220. The highest BCUT2D eigenvalue weighted by atomic mass is 32.2. The van der Waals surface area contributed by atoms with E-state index in [9.17, 15) is 8.42 Å². The van der Waals surface area contributed by atoms with E-state index in [0.717, 1.165) is 18.8 Å². The molecular formula is C12H25NO2S. The molecule has 0 spiro atoms. The van der Waals surface area contributed by atoms with E-state index in [4.69, 9.17) is 5.73 Å². The lowest BCUT2D eigenvalue weighted by Gasteiger charge is -2.37. The van der Waals surface area contributed by atoms with Gasteiger partial charge in [-0.25, -0.2) is 8.42 Å². The van der Waals surface area contributed by atoms with E-state index in [-0.39, 0.29) is 11.3 Å². The predicted octanol–water partition coefficient (Wildman–Crippen LogP) is 2.11. The van der Waals surface area contributed by atoms with Crippen LogP contribution in [0.5, 0.6) is 0 Å². The Balaban J connectivity index is 2.38. The van der Waals surface area contributed by atoms with Crippen LogP contribution in [0.3, 0.4) is 0 Å². The molecule has 0 bridgehead atoms. The average Bonchev–Trinajstić information content (AvgIpc) is 2.19. The van der Waals surface area contributed by atoms with Crippen molar-refractivity contribution >= 4 is 9.84 Å². The number of nitrogens with two attached hydrogens (primary N) is 1. The van der Waals surface area contributed by atoms with Gasteiger partial charge in [0.1, 0.15) is 9.84 Å². The first-order valence-electron chi connectivity index (χ1n) is 6.31. The highest BCUT2D eigenvalue weighted by Gasteiger charge is 2.31. The summed E-state index contributed by atoms with van der Waals surface area (Å²) in [4.78, 5) is 0. The van der Waals surface area contributed by atoms with Gasteiger partial charge < -0.3 is 5.73 Å². The summed E-state index contributed by atoms with van der Waals surface area (Å²) in [6, 6.07) is 0. The maximum Gasteiger partial charge on any atom is 0.147 e. The fourth-order valence-electron chi connectivity index (χ4n) is 2.59. The molecule has 96 valence electrons. The zero-order chi connectivity index (χ0) is 12.2. The minimum Gasteiger partial charge on any atom is -0.325 e. The summed E-state index contributed by atoms with van der Waals surface area (Å²) in [5.74, 6) is 1.06. The van der Waals surface area contributed by atoms with Gasteiger partial charge in [-0.15, -0.1) is 0 Å². The Labute approximate surface area is 99.7 Å². The molecule has 2 N–H and O–H groups in total. The standard InChI is InChI=1S/C12H25NO2S/c1-3-4-11-5-7-12(13,8-6-11)9-10-16(2,14)15/h11H,3-10,13H2,1-2H3. The van der Waals surface area contributed by atoms with Crippen molar-refractivity contribution in [2.24, 2.45) is 11.7 Å². The van der Waals surface area contributed by atoms with Crippen molar-refractivity contribution in [2.45, 2.75) is 57.4 Å². The molecule has 4 heteroatoms. The molecule has 0 aromatic heterocycles. The molecule has 0 atom stereocenters. The van der Waals surface area contributed by atoms with Crippen molar-refractivity contribution < 1.29 is 8.42 Å². The second kappa shape index (κ2) is 5.50. The second-order valence-electron chi connectivity index (χ2n) is 5.47. The topological polar surface area (TPSA) is 60.2 Å². The van der Waals surface area contributed by atoms with E-state index in [1.54, 1.807) is 0 Å². The van der Waals surface area contributed by atoms with E-state index in [1.807, 2.05) is 0 Å². The number of sulfone groups is 1. The van der Waals surface area contributed by atoms with Crippen LogP contribution >= 0.6 is 0 Å². The second-order valence-corrected chi connectivity index (χ2v) is 7.73. The van der Waals surface area contributed by atoms with Crippen LogP contribution in [0, 0.1) is 5.92 Å². The number of hydrogen-bond acceptors (Lipinski definition) is 3. The van der Waals surface area contributed by atoms with Crippen molar-refractivity contribution in [2.75, 3.05) is 12.0 Å². The molecule has 3 nitrogen and oxygen atoms in total. The zero-order valence-electron chi connectivity index (χ0n) is 10.5. The summed E-state index contributed by atoms with van der Waals surface area (Å²) in [7, 11) is -2.87. The van der Waals surface area contributed by atoms with Crippen LogP contribution in [0.15, 0.2) is 0 Å². The van der Waals surface area contributed by atoms with Gasteiger partial charge in [0, 0.05) is 11.8 Å². The van der Waals surface area contributed by atoms with Crippen LogP contribution in [-0.4, -0.2) is 26.0 Å². The van der Waals surface area contributed by atoms with Crippen molar-refractivity contribution in [1.82, 2.24) is 0 Å². The molecule has 1 fully saturated rings. The molecule has 0 heterocycles. The van der Waals surface area contributed by atoms with Gasteiger partial charge in [-0.2, -0.15) is 0 Å². The van der Waals surface area contributed by atoms with Crippen LogP contribution in [0.2, 0.25) is 0 Å². The Morgan fingerprint density at radius 1 is 1.31 bits per heavy atom. The first kappa shape index (κ1) is 14.0. The minimum absolute atomic E-state index is 0.215. The van der Waals surface area contributed by atoms with Gasteiger partial charge in [-0.05, 0) is 38.0 Å². The predicted molar refractivity (Wildman–Crippen MR) is 68.1 cm³/mol. The van der Waals surface area contributed by atoms with Gasteiger partial charge in [0.05, 0.1) is 5.75 Å². The van der Waals surface area contributed by atoms with Crippen LogP contribution in [-0.2, 0) is 9.84 Å². The first-order chi connectivity index (χ1) is 7.35. The molecule has 1 aliphatic rings. The van der Waals surface area contributed by atoms with Crippen molar-refractivity contribution in [3.63, 3.8) is 0 Å². The summed E-state index contributed by atoms with van der Waals surface area (Å²) < 4.78 is 22.3.